The van der Waals surface area contributed by atoms with Gasteiger partial charge in [-0.2, -0.15) is 0 Å². The van der Waals surface area contributed by atoms with E-state index in [1.807, 2.05) is 0 Å². The Morgan fingerprint density at radius 3 is 2.71 bits per heavy atom. The number of nitrogens with two attached hydrogens (primary N) is 1. The van der Waals surface area contributed by atoms with Crippen molar-refractivity contribution in [3.05, 3.63) is 0 Å². The van der Waals surface area contributed by atoms with Crippen molar-refractivity contribution in [2.45, 2.75) is 32.6 Å². The van der Waals surface area contributed by atoms with E-state index >= 15 is 0 Å². The van der Waals surface area contributed by atoms with Crippen molar-refractivity contribution in [3.8, 4) is 0 Å². The lowest BCUT2D eigenvalue weighted by Crippen LogP contribution is -2.39. The molecule has 0 spiro atoms. The molecule has 0 atom stereocenters. The summed E-state index contributed by atoms with van der Waals surface area (Å²) in [5.41, 5.74) is 5.50. The smallest absolute Gasteiger partial charge is 0.153 e. The lowest BCUT2D eigenvalue weighted by atomic mass is 9.85. The summed E-state index contributed by atoms with van der Waals surface area (Å²) in [5, 5.41) is 11.5. The quantitative estimate of drug-likeness (QED) is 0.293. The van der Waals surface area contributed by atoms with Crippen LogP contribution in [0, 0.1) is 5.92 Å². The molecule has 1 fully saturated rings. The maximum Gasteiger partial charge on any atom is 0.153 e. The highest BCUT2D eigenvalue weighted by atomic mass is 16.4. The molecule has 4 nitrogen and oxygen atoms in total. The molecule has 0 aromatic heterocycles. The lowest BCUT2D eigenvalue weighted by molar-refractivity contribution is 0.193. The highest BCUT2D eigenvalue weighted by Crippen LogP contribution is 2.26. The third-order valence-electron chi connectivity index (χ3n) is 2.80. The van der Waals surface area contributed by atoms with E-state index in [1.54, 1.807) is 0 Å². The fourth-order valence-electron chi connectivity index (χ4n) is 1.85. The Balaban J connectivity index is 2.29. The summed E-state index contributed by atoms with van der Waals surface area (Å²) in [6.07, 6.45) is 5.17. The minimum atomic E-state index is 0.317. The van der Waals surface area contributed by atoms with Gasteiger partial charge in [0.25, 0.3) is 0 Å². The second kappa shape index (κ2) is 5.86. The molecule has 0 amide bonds. The third-order valence-corrected chi connectivity index (χ3v) is 2.80. The van der Waals surface area contributed by atoms with E-state index in [0.717, 1.165) is 25.4 Å². The minimum Gasteiger partial charge on any atom is -0.409 e. The molecule has 1 aliphatic carbocycles. The fourth-order valence-corrected chi connectivity index (χ4v) is 1.85. The van der Waals surface area contributed by atoms with Crippen LogP contribution in [-0.2, 0) is 0 Å². The van der Waals surface area contributed by atoms with Crippen LogP contribution in [0.3, 0.4) is 0 Å². The van der Waals surface area contributed by atoms with Crippen LogP contribution in [0.2, 0.25) is 0 Å². The Kier molecular flexibility index (Phi) is 4.73. The molecule has 0 bridgehead atoms. The molecule has 0 unspecified atom stereocenters. The largest absolute Gasteiger partial charge is 0.409 e. The maximum absolute atomic E-state index is 8.49. The molecule has 0 radical (unpaired) electrons. The summed E-state index contributed by atoms with van der Waals surface area (Å²) < 4.78 is 0. The van der Waals surface area contributed by atoms with Crippen molar-refractivity contribution in [1.29, 1.82) is 0 Å². The Morgan fingerprint density at radius 1 is 1.57 bits per heavy atom. The van der Waals surface area contributed by atoms with Gasteiger partial charge in [0.05, 0.1) is 6.54 Å². The van der Waals surface area contributed by atoms with Gasteiger partial charge in [0.15, 0.2) is 5.84 Å². The molecule has 1 rings (SSSR count). The molecule has 1 aliphatic rings. The second-order valence-corrected chi connectivity index (χ2v) is 4.12. The molecule has 14 heavy (non-hydrogen) atoms. The summed E-state index contributed by atoms with van der Waals surface area (Å²) >= 11 is 0. The number of hydrogen-bond donors (Lipinski definition) is 2. The zero-order valence-electron chi connectivity index (χ0n) is 8.95. The van der Waals surface area contributed by atoms with Crippen LogP contribution in [0.4, 0.5) is 0 Å². The molecule has 0 aromatic carbocycles. The van der Waals surface area contributed by atoms with Gasteiger partial charge in [-0.3, -0.25) is 4.90 Å². The number of hydrogen-bond acceptors (Lipinski definition) is 3. The van der Waals surface area contributed by atoms with Crippen molar-refractivity contribution >= 4 is 5.84 Å². The van der Waals surface area contributed by atoms with Gasteiger partial charge in [0.1, 0.15) is 0 Å². The number of nitrogens with zero attached hydrogens (tertiary/aromatic N) is 2. The summed E-state index contributed by atoms with van der Waals surface area (Å²) in [7, 11) is 0. The zero-order chi connectivity index (χ0) is 10.4. The standard InChI is InChI=1S/C10H21N3O/c1-2-6-13(8-10(11)12-14)7-9-4-3-5-9/h9,14H,2-8H2,1H3,(H2,11,12). The van der Waals surface area contributed by atoms with Crippen LogP contribution in [0.5, 0.6) is 0 Å². The highest BCUT2D eigenvalue weighted by molar-refractivity contribution is 5.81. The summed E-state index contributed by atoms with van der Waals surface area (Å²) in [6.45, 7) is 4.89. The van der Waals surface area contributed by atoms with Crippen LogP contribution in [0.1, 0.15) is 32.6 Å². The fraction of sp³-hybridized carbons (Fsp3) is 0.900. The number of oxime groups is 1. The average molecular weight is 199 g/mol. The summed E-state index contributed by atoms with van der Waals surface area (Å²) in [6, 6.07) is 0. The SMILES string of the molecule is CCCN(CC(N)=NO)CC1CCC1. The number of rotatable bonds is 6. The molecule has 4 heteroatoms. The topological polar surface area (TPSA) is 61.8 Å². The highest BCUT2D eigenvalue weighted by Gasteiger charge is 2.20. The van der Waals surface area contributed by atoms with Gasteiger partial charge >= 0.3 is 0 Å². The molecule has 0 saturated heterocycles. The Bertz CT molecular complexity index is 190. The first-order chi connectivity index (χ1) is 6.76. The number of amidine groups is 1. The Morgan fingerprint density at radius 2 is 2.29 bits per heavy atom. The average Bonchev–Trinajstić information content (AvgIpc) is 2.11. The van der Waals surface area contributed by atoms with Gasteiger partial charge in [-0.25, -0.2) is 0 Å². The third kappa shape index (κ3) is 3.54. The second-order valence-electron chi connectivity index (χ2n) is 4.12. The molecule has 3 N–H and O–H groups in total. The van der Waals surface area contributed by atoms with Crippen molar-refractivity contribution in [3.63, 3.8) is 0 Å². The van der Waals surface area contributed by atoms with Gasteiger partial charge in [-0.05, 0) is 31.7 Å². The monoisotopic (exact) mass is 199 g/mol. The van der Waals surface area contributed by atoms with E-state index in [2.05, 4.69) is 17.0 Å². The van der Waals surface area contributed by atoms with Crippen LogP contribution >= 0.6 is 0 Å². The van der Waals surface area contributed by atoms with Crippen molar-refractivity contribution in [2.24, 2.45) is 16.8 Å². The molecule has 0 heterocycles. The molecule has 0 aliphatic heterocycles. The molecular weight excluding hydrogens is 178 g/mol. The van der Waals surface area contributed by atoms with E-state index in [-0.39, 0.29) is 0 Å². The molecule has 1 saturated carbocycles. The first kappa shape index (κ1) is 11.3. The summed E-state index contributed by atoms with van der Waals surface area (Å²) in [5.74, 6) is 1.16. The first-order valence-corrected chi connectivity index (χ1v) is 5.45. The Hall–Kier alpha value is -0.770. The molecule has 0 aromatic rings. The Labute approximate surface area is 85.8 Å². The summed E-state index contributed by atoms with van der Waals surface area (Å²) in [4.78, 5) is 2.28. The first-order valence-electron chi connectivity index (χ1n) is 5.45. The predicted octanol–water partition coefficient (Wildman–Crippen LogP) is 1.24. The lowest BCUT2D eigenvalue weighted by Gasteiger charge is -2.31. The predicted molar refractivity (Wildman–Crippen MR) is 57.5 cm³/mol. The van der Waals surface area contributed by atoms with Crippen molar-refractivity contribution < 1.29 is 5.21 Å². The van der Waals surface area contributed by atoms with E-state index < -0.39 is 0 Å². The van der Waals surface area contributed by atoms with E-state index in [0.29, 0.717) is 12.4 Å². The maximum atomic E-state index is 8.49. The zero-order valence-corrected chi connectivity index (χ0v) is 8.95. The van der Waals surface area contributed by atoms with Gasteiger partial charge in [0.2, 0.25) is 0 Å². The van der Waals surface area contributed by atoms with Crippen LogP contribution in [0.25, 0.3) is 0 Å². The van der Waals surface area contributed by atoms with E-state index in [1.165, 1.54) is 19.3 Å². The van der Waals surface area contributed by atoms with Crippen LogP contribution < -0.4 is 5.73 Å². The van der Waals surface area contributed by atoms with E-state index in [9.17, 15) is 0 Å². The van der Waals surface area contributed by atoms with Gasteiger partial charge in [0, 0.05) is 6.54 Å². The van der Waals surface area contributed by atoms with Gasteiger partial charge < -0.3 is 10.9 Å². The minimum absolute atomic E-state index is 0.317. The molecule has 82 valence electrons. The van der Waals surface area contributed by atoms with Crippen molar-refractivity contribution in [1.82, 2.24) is 4.90 Å². The normalized spacial score (nSPS) is 18.6. The van der Waals surface area contributed by atoms with Crippen LogP contribution in [0.15, 0.2) is 5.16 Å². The van der Waals surface area contributed by atoms with Crippen molar-refractivity contribution in [2.75, 3.05) is 19.6 Å². The van der Waals surface area contributed by atoms with Gasteiger partial charge in [-0.1, -0.05) is 18.5 Å². The molecular formula is C10H21N3O. The van der Waals surface area contributed by atoms with Crippen LogP contribution in [-0.4, -0.2) is 35.6 Å². The van der Waals surface area contributed by atoms with E-state index in [4.69, 9.17) is 10.9 Å². The van der Waals surface area contributed by atoms with Gasteiger partial charge in [-0.15, -0.1) is 0 Å².